The highest BCUT2D eigenvalue weighted by Gasteiger charge is 2.21. The van der Waals surface area contributed by atoms with Crippen molar-refractivity contribution in [2.24, 2.45) is 0 Å². The topological polar surface area (TPSA) is 25.8 Å². The highest BCUT2D eigenvalue weighted by atomic mass is 14.9. The van der Waals surface area contributed by atoms with Crippen LogP contribution in [0.2, 0.25) is 0 Å². The molecule has 0 aliphatic heterocycles. The molecule has 1 aromatic heterocycles. The lowest BCUT2D eigenvalue weighted by Gasteiger charge is -2.12. The lowest BCUT2D eigenvalue weighted by atomic mass is 9.96. The van der Waals surface area contributed by atoms with Crippen LogP contribution in [0.4, 0.5) is 0 Å². The Balaban J connectivity index is 1.47. The summed E-state index contributed by atoms with van der Waals surface area (Å²) in [6.07, 6.45) is 1.79. The third-order valence-corrected chi connectivity index (χ3v) is 6.16. The lowest BCUT2D eigenvalue weighted by molar-refractivity contribution is 1.04. The molecule has 0 atom stereocenters. The van der Waals surface area contributed by atoms with Crippen LogP contribution in [0.1, 0.15) is 22.4 Å². The fourth-order valence-corrected chi connectivity index (χ4v) is 4.67. The Labute approximate surface area is 188 Å². The van der Waals surface area contributed by atoms with Gasteiger partial charge in [0.15, 0.2) is 5.82 Å². The van der Waals surface area contributed by atoms with Crippen molar-refractivity contribution in [1.29, 1.82) is 0 Å². The summed E-state index contributed by atoms with van der Waals surface area (Å²) < 4.78 is 0. The minimum absolute atomic E-state index is 0.773. The molecule has 0 spiro atoms. The van der Waals surface area contributed by atoms with Gasteiger partial charge in [0.1, 0.15) is 0 Å². The molecule has 0 radical (unpaired) electrons. The summed E-state index contributed by atoms with van der Waals surface area (Å²) in [6, 6.07) is 38.2. The second-order valence-electron chi connectivity index (χ2n) is 8.26. The first-order chi connectivity index (χ1) is 15.8. The molecule has 1 heterocycles. The Bertz CT molecular complexity index is 1350. The zero-order valence-electron chi connectivity index (χ0n) is 17.7. The van der Waals surface area contributed by atoms with E-state index < -0.39 is 0 Å². The van der Waals surface area contributed by atoms with Crippen molar-refractivity contribution in [3.63, 3.8) is 0 Å². The number of rotatable bonds is 4. The van der Waals surface area contributed by atoms with Gasteiger partial charge in [0.05, 0.1) is 5.69 Å². The Morgan fingerprint density at radius 1 is 0.594 bits per heavy atom. The third-order valence-electron chi connectivity index (χ3n) is 6.16. The van der Waals surface area contributed by atoms with Gasteiger partial charge >= 0.3 is 0 Å². The summed E-state index contributed by atoms with van der Waals surface area (Å²) in [5, 5.41) is 0. The molecule has 1 aliphatic carbocycles. The smallest absolute Gasteiger partial charge is 0.160 e. The van der Waals surface area contributed by atoms with Crippen LogP contribution in [0, 0.1) is 0 Å². The van der Waals surface area contributed by atoms with E-state index in [0.717, 1.165) is 41.2 Å². The number of nitrogens with zero attached hydrogens (tertiary/aromatic N) is 2. The van der Waals surface area contributed by atoms with E-state index in [1.54, 1.807) is 0 Å². The second-order valence-corrected chi connectivity index (χ2v) is 8.26. The summed E-state index contributed by atoms with van der Waals surface area (Å²) in [5.74, 6) is 0.773. The number of fused-ring (bicyclic) bond motifs is 3. The van der Waals surface area contributed by atoms with Crippen molar-refractivity contribution in [2.45, 2.75) is 12.8 Å². The average molecular weight is 411 g/mol. The van der Waals surface area contributed by atoms with Crippen molar-refractivity contribution in [1.82, 2.24) is 9.97 Å². The molecule has 0 amide bonds. The summed E-state index contributed by atoms with van der Waals surface area (Å²) in [7, 11) is 0. The maximum absolute atomic E-state index is 4.99. The molecule has 0 unspecified atom stereocenters. The van der Waals surface area contributed by atoms with Gasteiger partial charge in [0.2, 0.25) is 0 Å². The number of hydrogen-bond donors (Lipinski definition) is 0. The van der Waals surface area contributed by atoms with Crippen molar-refractivity contribution in [3.8, 4) is 33.8 Å². The Kier molecular flexibility index (Phi) is 4.62. The molecule has 32 heavy (non-hydrogen) atoms. The number of aromatic nitrogens is 2. The SMILES string of the molecule is c1ccc(-c2cc(Cc3cccc4c3-c3ccccc3C4)nc(-c3ccccc3)n2)cc1. The van der Waals surface area contributed by atoms with Crippen LogP contribution in [0.5, 0.6) is 0 Å². The van der Waals surface area contributed by atoms with E-state index in [-0.39, 0.29) is 0 Å². The van der Waals surface area contributed by atoms with E-state index >= 15 is 0 Å². The molecule has 4 aromatic carbocycles. The monoisotopic (exact) mass is 410 g/mol. The highest BCUT2D eigenvalue weighted by molar-refractivity contribution is 5.80. The molecule has 0 saturated carbocycles. The Morgan fingerprint density at radius 2 is 1.28 bits per heavy atom. The number of benzene rings is 4. The van der Waals surface area contributed by atoms with Gasteiger partial charge in [-0.3, -0.25) is 0 Å². The van der Waals surface area contributed by atoms with Gasteiger partial charge in [-0.25, -0.2) is 9.97 Å². The van der Waals surface area contributed by atoms with Crippen LogP contribution >= 0.6 is 0 Å². The second kappa shape index (κ2) is 7.90. The standard InChI is InChI=1S/C30H22N2/c1-3-10-21(11-4-1)28-20-26(31-30(32-28)22-12-5-2-6-13-22)19-25-16-9-15-24-18-23-14-7-8-17-27(23)29(24)25/h1-17,20H,18-19H2. The van der Waals surface area contributed by atoms with E-state index in [4.69, 9.17) is 9.97 Å². The van der Waals surface area contributed by atoms with Gasteiger partial charge in [0.25, 0.3) is 0 Å². The van der Waals surface area contributed by atoms with E-state index in [1.807, 2.05) is 24.3 Å². The Morgan fingerprint density at radius 3 is 2.09 bits per heavy atom. The van der Waals surface area contributed by atoms with Crippen LogP contribution in [-0.4, -0.2) is 9.97 Å². The fourth-order valence-electron chi connectivity index (χ4n) is 4.67. The lowest BCUT2D eigenvalue weighted by Crippen LogP contribution is -2.01. The van der Waals surface area contributed by atoms with E-state index in [0.29, 0.717) is 0 Å². The highest BCUT2D eigenvalue weighted by Crippen LogP contribution is 2.39. The molecular formula is C30H22N2. The molecule has 5 aromatic rings. The molecule has 2 heteroatoms. The predicted molar refractivity (Wildman–Crippen MR) is 130 cm³/mol. The van der Waals surface area contributed by atoms with Gasteiger partial charge in [-0.05, 0) is 40.3 Å². The van der Waals surface area contributed by atoms with Gasteiger partial charge in [0, 0.05) is 23.2 Å². The van der Waals surface area contributed by atoms with Gasteiger partial charge in [-0.2, -0.15) is 0 Å². The first-order valence-corrected chi connectivity index (χ1v) is 11.0. The minimum Gasteiger partial charge on any atom is -0.233 e. The van der Waals surface area contributed by atoms with E-state index in [2.05, 4.69) is 84.9 Å². The predicted octanol–water partition coefficient (Wildman–Crippen LogP) is 6.97. The van der Waals surface area contributed by atoms with Gasteiger partial charge in [-0.1, -0.05) is 103 Å². The van der Waals surface area contributed by atoms with Crippen LogP contribution in [0.25, 0.3) is 33.8 Å². The normalized spacial score (nSPS) is 11.8. The van der Waals surface area contributed by atoms with Crippen LogP contribution in [-0.2, 0) is 12.8 Å². The van der Waals surface area contributed by atoms with Crippen molar-refractivity contribution in [2.75, 3.05) is 0 Å². The average Bonchev–Trinajstić information content (AvgIpc) is 3.25. The van der Waals surface area contributed by atoms with E-state index in [9.17, 15) is 0 Å². The van der Waals surface area contributed by atoms with Gasteiger partial charge < -0.3 is 0 Å². The third kappa shape index (κ3) is 3.40. The summed E-state index contributed by atoms with van der Waals surface area (Å²) in [4.78, 5) is 9.91. The molecule has 6 rings (SSSR count). The number of hydrogen-bond acceptors (Lipinski definition) is 2. The van der Waals surface area contributed by atoms with Crippen LogP contribution in [0.15, 0.2) is 109 Å². The molecule has 1 aliphatic rings. The first-order valence-electron chi connectivity index (χ1n) is 11.0. The van der Waals surface area contributed by atoms with E-state index in [1.165, 1.54) is 27.8 Å². The van der Waals surface area contributed by atoms with Crippen LogP contribution in [0.3, 0.4) is 0 Å². The van der Waals surface area contributed by atoms with Gasteiger partial charge in [-0.15, -0.1) is 0 Å². The van der Waals surface area contributed by atoms with Crippen molar-refractivity contribution in [3.05, 3.63) is 132 Å². The van der Waals surface area contributed by atoms with Crippen molar-refractivity contribution >= 4 is 0 Å². The van der Waals surface area contributed by atoms with Crippen LogP contribution < -0.4 is 0 Å². The Hall–Kier alpha value is -4.04. The summed E-state index contributed by atoms with van der Waals surface area (Å²) in [5.41, 5.74) is 11.0. The maximum Gasteiger partial charge on any atom is 0.160 e. The quantitative estimate of drug-likeness (QED) is 0.313. The maximum atomic E-state index is 4.99. The summed E-state index contributed by atoms with van der Waals surface area (Å²) in [6.45, 7) is 0. The molecule has 0 bridgehead atoms. The first kappa shape index (κ1) is 18.7. The molecule has 0 N–H and O–H groups in total. The minimum atomic E-state index is 0.773. The molecule has 152 valence electrons. The van der Waals surface area contributed by atoms with Crippen molar-refractivity contribution < 1.29 is 0 Å². The summed E-state index contributed by atoms with van der Waals surface area (Å²) >= 11 is 0. The zero-order chi connectivity index (χ0) is 21.3. The molecular weight excluding hydrogens is 388 g/mol. The molecule has 2 nitrogen and oxygen atoms in total. The fraction of sp³-hybridized carbons (Fsp3) is 0.0667. The molecule has 0 fully saturated rings. The largest absolute Gasteiger partial charge is 0.233 e. The zero-order valence-corrected chi connectivity index (χ0v) is 17.7. The molecule has 0 saturated heterocycles.